The Morgan fingerprint density at radius 1 is 0.0985 bits per heavy atom. The number of aromatic nitrogens is 4. The Morgan fingerprint density at radius 3 is 0.659 bits per heavy atom. The summed E-state index contributed by atoms with van der Waals surface area (Å²) in [5.41, 5.74) is 28.7. The lowest BCUT2D eigenvalue weighted by atomic mass is 9.87. The molecular formula is C128H80N4. The SMILES string of the molecule is c1ccc(-c2cccc(-n3c4ccccc4c4cc(-c5ccc6c(c5)c5ccccc5n6-c5ccc(-c6cc7c8ccccc8c8ccccc8c7c7ccccc67)cc5)ccc43)c2)cc1.c1ccc(-c2cccc(-n3c4ccccc4c4cc(-c5ccc6c(c5)c5ccccc5n6-c5cccc(-c6cc7c8ccccc8c8ccccc8c7c7ccccc67)c5)ccc43)c2)cc1. The first-order chi connectivity index (χ1) is 65.5. The lowest BCUT2D eigenvalue weighted by Gasteiger charge is -2.17. The van der Waals surface area contributed by atoms with Crippen molar-refractivity contribution in [1.82, 2.24) is 18.3 Å². The molecule has 0 bridgehead atoms. The van der Waals surface area contributed by atoms with E-state index in [4.69, 9.17) is 0 Å². The second-order valence-electron chi connectivity index (χ2n) is 35.2. The van der Waals surface area contributed by atoms with E-state index in [0.717, 1.165) is 22.7 Å². The van der Waals surface area contributed by atoms with Crippen LogP contribution in [-0.2, 0) is 0 Å². The lowest BCUT2D eigenvalue weighted by molar-refractivity contribution is 1.18. The van der Waals surface area contributed by atoms with E-state index in [1.165, 1.54) is 240 Å². The molecule has 0 atom stereocenters. The molecule has 0 unspecified atom stereocenters. The summed E-state index contributed by atoms with van der Waals surface area (Å²) in [6.45, 7) is 0. The van der Waals surface area contributed by atoms with E-state index in [1.54, 1.807) is 0 Å². The Kier molecular flexibility index (Phi) is 17.1. The molecule has 24 aromatic carbocycles. The summed E-state index contributed by atoms with van der Waals surface area (Å²) < 4.78 is 9.70. The van der Waals surface area contributed by atoms with Crippen LogP contribution in [0.2, 0.25) is 0 Å². The molecule has 0 aliphatic rings. The zero-order valence-corrected chi connectivity index (χ0v) is 72.0. The fourth-order valence-electron chi connectivity index (χ4n) is 22.2. The average Bonchev–Trinajstić information content (AvgIpc) is 1.03. The van der Waals surface area contributed by atoms with Crippen LogP contribution in [0.5, 0.6) is 0 Å². The molecular weight excluding hydrogens is 1590 g/mol. The predicted octanol–water partition coefficient (Wildman–Crippen LogP) is 35.0. The fourth-order valence-corrected chi connectivity index (χ4v) is 22.2. The van der Waals surface area contributed by atoms with Gasteiger partial charge in [-0.25, -0.2) is 0 Å². The molecule has 28 aromatic rings. The van der Waals surface area contributed by atoms with Gasteiger partial charge < -0.3 is 18.3 Å². The first kappa shape index (κ1) is 74.8. The molecule has 4 aromatic heterocycles. The minimum atomic E-state index is 1.14. The van der Waals surface area contributed by atoms with Gasteiger partial charge in [-0.2, -0.15) is 0 Å². The average molecular weight is 1670 g/mol. The highest BCUT2D eigenvalue weighted by Gasteiger charge is 2.24. The number of fused-ring (bicyclic) bond motifs is 28. The minimum Gasteiger partial charge on any atom is -0.309 e. The van der Waals surface area contributed by atoms with Gasteiger partial charge in [-0.3, -0.25) is 0 Å². The molecule has 0 N–H and O–H groups in total. The Balaban J connectivity index is 0.000000135. The van der Waals surface area contributed by atoms with Crippen molar-refractivity contribution in [1.29, 1.82) is 0 Å². The number of benzene rings is 24. The molecule has 0 saturated carbocycles. The molecule has 0 spiro atoms. The summed E-state index contributed by atoms with van der Waals surface area (Å²) in [4.78, 5) is 0. The van der Waals surface area contributed by atoms with E-state index >= 15 is 0 Å². The van der Waals surface area contributed by atoms with Gasteiger partial charge in [0.15, 0.2) is 0 Å². The predicted molar refractivity (Wildman–Crippen MR) is 563 cm³/mol. The van der Waals surface area contributed by atoms with Crippen molar-refractivity contribution in [3.63, 3.8) is 0 Å². The van der Waals surface area contributed by atoms with E-state index in [0.29, 0.717) is 0 Å². The van der Waals surface area contributed by atoms with Crippen LogP contribution in [0.15, 0.2) is 485 Å². The molecule has 132 heavy (non-hydrogen) atoms. The van der Waals surface area contributed by atoms with Crippen molar-refractivity contribution in [3.8, 4) is 89.5 Å². The smallest absolute Gasteiger partial charge is 0.0541 e. The van der Waals surface area contributed by atoms with Gasteiger partial charge >= 0.3 is 0 Å². The maximum Gasteiger partial charge on any atom is 0.0541 e. The third-order valence-electron chi connectivity index (χ3n) is 28.1. The maximum atomic E-state index is 2.45. The zero-order chi connectivity index (χ0) is 86.6. The standard InChI is InChI=1S/2C64H40N2/c1-2-16-41(17-3-1)42-18-14-20-46(36-42)65-60-30-12-10-26-52(60)57-38-43(32-34-62(57)65)44-33-35-63-58(39-44)53-27-11-13-31-61(53)66(63)47-21-15-19-45(37-47)56-40-59-50-24-5-4-22-48(50)49-23-6-8-28-54(49)64(59)55-29-9-7-25-51(55)56;1-2-15-41(16-3-1)43-17-14-18-47(37-43)66-61-28-13-11-24-53(61)58-39-45(32-36-63(58)66)44-31-35-62-57(38-44)52-23-10-12-27-60(52)65(62)46-33-29-42(30-34-46)56-40-59-50-21-5-4-19-48(50)49-20-6-8-25-54(49)64(59)55-26-9-7-22-51(55)56/h2*1-40H. The van der Waals surface area contributed by atoms with Crippen molar-refractivity contribution < 1.29 is 0 Å². The molecule has 0 saturated heterocycles. The van der Waals surface area contributed by atoms with Crippen molar-refractivity contribution in [2.45, 2.75) is 0 Å². The number of hydrogen-bond acceptors (Lipinski definition) is 0. The largest absolute Gasteiger partial charge is 0.309 e. The molecule has 28 rings (SSSR count). The molecule has 0 aliphatic carbocycles. The molecule has 4 heterocycles. The van der Waals surface area contributed by atoms with Crippen molar-refractivity contribution in [2.24, 2.45) is 0 Å². The topological polar surface area (TPSA) is 19.7 Å². The van der Waals surface area contributed by atoms with E-state index in [1.807, 2.05) is 0 Å². The Hall–Kier alpha value is -17.4. The monoisotopic (exact) mass is 1670 g/mol. The summed E-state index contributed by atoms with van der Waals surface area (Å²) in [6, 6.07) is 179. The summed E-state index contributed by atoms with van der Waals surface area (Å²) in [5.74, 6) is 0. The van der Waals surface area contributed by atoms with Crippen LogP contribution >= 0.6 is 0 Å². The lowest BCUT2D eigenvalue weighted by Crippen LogP contribution is -1.95. The van der Waals surface area contributed by atoms with Gasteiger partial charge in [-0.15, -0.1) is 0 Å². The number of nitrogens with zero attached hydrogens (tertiary/aromatic N) is 4. The van der Waals surface area contributed by atoms with Gasteiger partial charge in [-0.05, 0) is 286 Å². The highest BCUT2D eigenvalue weighted by Crippen LogP contribution is 2.49. The van der Waals surface area contributed by atoms with Crippen LogP contribution in [0, 0.1) is 0 Å². The maximum absolute atomic E-state index is 2.45. The van der Waals surface area contributed by atoms with Crippen LogP contribution in [0.25, 0.3) is 263 Å². The second-order valence-corrected chi connectivity index (χ2v) is 35.2. The van der Waals surface area contributed by atoms with Crippen LogP contribution in [0.1, 0.15) is 0 Å². The second kappa shape index (κ2) is 30.1. The van der Waals surface area contributed by atoms with E-state index in [9.17, 15) is 0 Å². The fraction of sp³-hybridized carbons (Fsp3) is 0. The van der Waals surface area contributed by atoms with Crippen molar-refractivity contribution >= 4 is 173 Å². The summed E-state index contributed by atoms with van der Waals surface area (Å²) in [5, 5.41) is 30.6. The molecule has 612 valence electrons. The first-order valence-corrected chi connectivity index (χ1v) is 45.7. The van der Waals surface area contributed by atoms with Crippen LogP contribution in [0.4, 0.5) is 0 Å². The van der Waals surface area contributed by atoms with Crippen LogP contribution in [-0.4, -0.2) is 18.3 Å². The number of rotatable bonds is 10. The molecule has 0 aliphatic heterocycles. The van der Waals surface area contributed by atoms with Gasteiger partial charge in [0.1, 0.15) is 0 Å². The Morgan fingerprint density at radius 2 is 0.318 bits per heavy atom. The van der Waals surface area contributed by atoms with Gasteiger partial charge in [0.05, 0.1) is 44.1 Å². The Labute approximate surface area is 761 Å². The van der Waals surface area contributed by atoms with Gasteiger partial charge in [0, 0.05) is 65.8 Å². The van der Waals surface area contributed by atoms with Crippen molar-refractivity contribution in [3.05, 3.63) is 485 Å². The van der Waals surface area contributed by atoms with Crippen molar-refractivity contribution in [2.75, 3.05) is 0 Å². The normalized spacial score (nSPS) is 11.9. The van der Waals surface area contributed by atoms with E-state index in [2.05, 4.69) is 504 Å². The minimum absolute atomic E-state index is 1.14. The quantitative estimate of drug-likeness (QED) is 0.122. The number of para-hydroxylation sites is 4. The van der Waals surface area contributed by atoms with Gasteiger partial charge in [0.2, 0.25) is 0 Å². The summed E-state index contributed by atoms with van der Waals surface area (Å²) >= 11 is 0. The van der Waals surface area contributed by atoms with Crippen LogP contribution < -0.4 is 0 Å². The first-order valence-electron chi connectivity index (χ1n) is 45.7. The van der Waals surface area contributed by atoms with Gasteiger partial charge in [0.25, 0.3) is 0 Å². The Bertz CT molecular complexity index is 9660. The molecule has 4 nitrogen and oxygen atoms in total. The van der Waals surface area contributed by atoms with Gasteiger partial charge in [-0.1, -0.05) is 352 Å². The number of hydrogen-bond donors (Lipinski definition) is 0. The third kappa shape index (κ3) is 11.8. The molecule has 0 amide bonds. The summed E-state index contributed by atoms with van der Waals surface area (Å²) in [7, 11) is 0. The highest BCUT2D eigenvalue weighted by molar-refractivity contribution is 6.35. The molecule has 0 radical (unpaired) electrons. The van der Waals surface area contributed by atoms with Crippen LogP contribution in [0.3, 0.4) is 0 Å². The molecule has 4 heteroatoms. The zero-order valence-electron chi connectivity index (χ0n) is 72.0. The molecule has 0 fully saturated rings. The summed E-state index contributed by atoms with van der Waals surface area (Å²) in [6.07, 6.45) is 0. The van der Waals surface area contributed by atoms with E-state index in [-0.39, 0.29) is 0 Å². The van der Waals surface area contributed by atoms with E-state index < -0.39 is 0 Å². The third-order valence-corrected chi connectivity index (χ3v) is 28.1. The highest BCUT2D eigenvalue weighted by atomic mass is 15.0.